The SMILES string of the molecule is COc1cccc(NC(N)=NCCOc2ccc(F)cc2F)c1. The minimum atomic E-state index is -0.753. The van der Waals surface area contributed by atoms with Crippen LogP contribution in [0.5, 0.6) is 11.5 Å². The van der Waals surface area contributed by atoms with Gasteiger partial charge >= 0.3 is 0 Å². The molecule has 0 aliphatic carbocycles. The zero-order valence-corrected chi connectivity index (χ0v) is 12.6. The molecule has 0 spiro atoms. The highest BCUT2D eigenvalue weighted by atomic mass is 19.1. The summed E-state index contributed by atoms with van der Waals surface area (Å²) < 4.78 is 36.4. The largest absolute Gasteiger partial charge is 0.497 e. The molecule has 5 nitrogen and oxygen atoms in total. The molecule has 0 atom stereocenters. The molecule has 2 aromatic carbocycles. The molecule has 0 saturated carbocycles. The average Bonchev–Trinajstić information content (AvgIpc) is 2.53. The fourth-order valence-electron chi connectivity index (χ4n) is 1.80. The second-order valence-electron chi connectivity index (χ2n) is 4.55. The lowest BCUT2D eigenvalue weighted by atomic mass is 10.3. The summed E-state index contributed by atoms with van der Waals surface area (Å²) in [4.78, 5) is 4.06. The Balaban J connectivity index is 1.82. The van der Waals surface area contributed by atoms with E-state index in [2.05, 4.69) is 10.3 Å². The van der Waals surface area contributed by atoms with Crippen LogP contribution < -0.4 is 20.5 Å². The molecule has 0 fully saturated rings. The highest BCUT2D eigenvalue weighted by Gasteiger charge is 2.04. The van der Waals surface area contributed by atoms with Gasteiger partial charge in [0.25, 0.3) is 0 Å². The standard InChI is InChI=1S/C16H17F2N3O2/c1-22-13-4-2-3-12(10-13)21-16(19)20-7-8-23-15-6-5-11(17)9-14(15)18/h2-6,9-10H,7-8H2,1H3,(H3,19,20,21). The molecule has 0 aliphatic heterocycles. The van der Waals surface area contributed by atoms with Gasteiger partial charge < -0.3 is 20.5 Å². The Morgan fingerprint density at radius 3 is 2.78 bits per heavy atom. The van der Waals surface area contributed by atoms with E-state index in [0.29, 0.717) is 5.75 Å². The van der Waals surface area contributed by atoms with E-state index in [1.165, 1.54) is 6.07 Å². The molecular formula is C16H17F2N3O2. The first-order valence-corrected chi connectivity index (χ1v) is 6.87. The van der Waals surface area contributed by atoms with Gasteiger partial charge in [-0.3, -0.25) is 0 Å². The molecule has 0 saturated heterocycles. The molecule has 0 unspecified atom stereocenters. The van der Waals surface area contributed by atoms with E-state index >= 15 is 0 Å². The number of rotatable bonds is 6. The summed E-state index contributed by atoms with van der Waals surface area (Å²) in [5.74, 6) is -0.545. The summed E-state index contributed by atoms with van der Waals surface area (Å²) in [6.45, 7) is 0.336. The van der Waals surface area contributed by atoms with Gasteiger partial charge in [-0.05, 0) is 24.3 Å². The first-order chi connectivity index (χ1) is 11.1. The molecule has 0 aliphatic rings. The van der Waals surface area contributed by atoms with Crippen molar-refractivity contribution in [2.75, 3.05) is 25.6 Å². The van der Waals surface area contributed by atoms with Crippen LogP contribution in [0.3, 0.4) is 0 Å². The van der Waals surface area contributed by atoms with E-state index in [-0.39, 0.29) is 24.9 Å². The Kier molecular flexibility index (Phi) is 5.74. The summed E-state index contributed by atoms with van der Waals surface area (Å²) in [5.41, 5.74) is 6.48. The van der Waals surface area contributed by atoms with Gasteiger partial charge in [0.2, 0.25) is 0 Å². The van der Waals surface area contributed by atoms with Crippen LogP contribution in [-0.4, -0.2) is 26.2 Å². The maximum atomic E-state index is 13.3. The van der Waals surface area contributed by atoms with Crippen LogP contribution in [0.25, 0.3) is 0 Å². The smallest absolute Gasteiger partial charge is 0.193 e. The summed E-state index contributed by atoms with van der Waals surface area (Å²) in [7, 11) is 1.57. The van der Waals surface area contributed by atoms with Gasteiger partial charge in [-0.15, -0.1) is 0 Å². The van der Waals surface area contributed by atoms with Gasteiger partial charge in [0, 0.05) is 17.8 Å². The highest BCUT2D eigenvalue weighted by molar-refractivity contribution is 5.92. The van der Waals surface area contributed by atoms with E-state index in [1.54, 1.807) is 13.2 Å². The zero-order valence-electron chi connectivity index (χ0n) is 12.6. The maximum absolute atomic E-state index is 13.3. The predicted molar refractivity (Wildman–Crippen MR) is 85.0 cm³/mol. The lowest BCUT2D eigenvalue weighted by molar-refractivity contribution is 0.310. The van der Waals surface area contributed by atoms with E-state index in [9.17, 15) is 8.78 Å². The topological polar surface area (TPSA) is 68.9 Å². The molecule has 2 aromatic rings. The van der Waals surface area contributed by atoms with Crippen LogP contribution in [0.4, 0.5) is 14.5 Å². The van der Waals surface area contributed by atoms with Gasteiger partial charge in [-0.1, -0.05) is 6.07 Å². The second-order valence-corrected chi connectivity index (χ2v) is 4.55. The van der Waals surface area contributed by atoms with E-state index in [1.807, 2.05) is 18.2 Å². The number of halogens is 2. The summed E-state index contributed by atoms with van der Waals surface area (Å²) >= 11 is 0. The van der Waals surface area contributed by atoms with Gasteiger partial charge in [-0.25, -0.2) is 13.8 Å². The molecule has 3 N–H and O–H groups in total. The van der Waals surface area contributed by atoms with Crippen molar-refractivity contribution >= 4 is 11.6 Å². The number of aliphatic imine (C=N–C) groups is 1. The molecule has 23 heavy (non-hydrogen) atoms. The number of ether oxygens (including phenoxy) is 2. The number of anilines is 1. The lowest BCUT2D eigenvalue weighted by Gasteiger charge is -2.08. The first-order valence-electron chi connectivity index (χ1n) is 6.87. The van der Waals surface area contributed by atoms with E-state index in [0.717, 1.165) is 17.8 Å². The number of hydrogen-bond acceptors (Lipinski definition) is 3. The third kappa shape index (κ3) is 5.14. The molecule has 0 bridgehead atoms. The Morgan fingerprint density at radius 2 is 2.04 bits per heavy atom. The number of nitrogens with two attached hydrogens (primary N) is 1. The minimum absolute atomic E-state index is 0.0269. The van der Waals surface area contributed by atoms with Crippen LogP contribution in [0.15, 0.2) is 47.5 Å². The van der Waals surface area contributed by atoms with Crippen LogP contribution in [0.2, 0.25) is 0 Å². The Labute approximate surface area is 132 Å². The molecule has 0 heterocycles. The summed E-state index contributed by atoms with van der Waals surface area (Å²) in [5, 5.41) is 2.90. The number of nitrogens with one attached hydrogen (secondary N) is 1. The second kappa shape index (κ2) is 7.98. The number of nitrogens with zero attached hydrogens (tertiary/aromatic N) is 1. The number of benzene rings is 2. The van der Waals surface area contributed by atoms with Crippen molar-refractivity contribution in [1.82, 2.24) is 0 Å². The molecular weight excluding hydrogens is 304 g/mol. The fourth-order valence-corrected chi connectivity index (χ4v) is 1.80. The van der Waals surface area contributed by atoms with Crippen LogP contribution in [0, 0.1) is 11.6 Å². The molecule has 122 valence electrons. The molecule has 2 rings (SSSR count). The van der Waals surface area contributed by atoms with Crippen molar-refractivity contribution < 1.29 is 18.3 Å². The van der Waals surface area contributed by atoms with Crippen molar-refractivity contribution in [3.8, 4) is 11.5 Å². The van der Waals surface area contributed by atoms with Gasteiger partial charge in [0.15, 0.2) is 17.5 Å². The normalized spacial score (nSPS) is 11.2. The van der Waals surface area contributed by atoms with Crippen LogP contribution >= 0.6 is 0 Å². The summed E-state index contributed by atoms with van der Waals surface area (Å²) in [6, 6.07) is 10.3. The van der Waals surface area contributed by atoms with Gasteiger partial charge in [0.05, 0.1) is 13.7 Å². The van der Waals surface area contributed by atoms with Crippen molar-refractivity contribution in [1.29, 1.82) is 0 Å². The molecule has 0 amide bonds. The van der Waals surface area contributed by atoms with Gasteiger partial charge in [-0.2, -0.15) is 0 Å². The lowest BCUT2D eigenvalue weighted by Crippen LogP contribution is -2.23. The van der Waals surface area contributed by atoms with E-state index < -0.39 is 11.6 Å². The molecule has 7 heteroatoms. The Morgan fingerprint density at radius 1 is 1.22 bits per heavy atom. The highest BCUT2D eigenvalue weighted by Crippen LogP contribution is 2.17. The average molecular weight is 321 g/mol. The predicted octanol–water partition coefficient (Wildman–Crippen LogP) is 2.78. The van der Waals surface area contributed by atoms with E-state index in [4.69, 9.17) is 15.2 Å². The number of hydrogen-bond donors (Lipinski definition) is 2. The third-order valence-corrected chi connectivity index (χ3v) is 2.87. The molecule has 0 radical (unpaired) electrons. The van der Waals surface area contributed by atoms with Crippen molar-refractivity contribution in [3.63, 3.8) is 0 Å². The van der Waals surface area contributed by atoms with Crippen LogP contribution in [0.1, 0.15) is 0 Å². The van der Waals surface area contributed by atoms with Crippen LogP contribution in [-0.2, 0) is 0 Å². The Hall–Kier alpha value is -2.83. The number of methoxy groups -OCH3 is 1. The summed E-state index contributed by atoms with van der Waals surface area (Å²) in [6.07, 6.45) is 0. The molecule has 0 aromatic heterocycles. The van der Waals surface area contributed by atoms with Crippen molar-refractivity contribution in [2.24, 2.45) is 10.7 Å². The first kappa shape index (κ1) is 16.5. The number of guanidine groups is 1. The van der Waals surface area contributed by atoms with Crippen molar-refractivity contribution in [3.05, 3.63) is 54.1 Å². The monoisotopic (exact) mass is 321 g/mol. The Bertz CT molecular complexity index is 693. The van der Waals surface area contributed by atoms with Gasteiger partial charge in [0.1, 0.15) is 18.2 Å². The zero-order chi connectivity index (χ0) is 16.7. The fraction of sp³-hybridized carbons (Fsp3) is 0.188. The third-order valence-electron chi connectivity index (χ3n) is 2.87. The van der Waals surface area contributed by atoms with Crippen molar-refractivity contribution in [2.45, 2.75) is 0 Å². The quantitative estimate of drug-likeness (QED) is 0.488. The maximum Gasteiger partial charge on any atom is 0.193 e. The minimum Gasteiger partial charge on any atom is -0.497 e.